The van der Waals surface area contributed by atoms with Crippen molar-refractivity contribution in [1.82, 2.24) is 14.4 Å². The van der Waals surface area contributed by atoms with E-state index < -0.39 is 0 Å². The zero-order valence-electron chi connectivity index (χ0n) is 19.1. The van der Waals surface area contributed by atoms with E-state index in [1.165, 1.54) is 0 Å². The molecule has 1 N–H and O–H groups in total. The van der Waals surface area contributed by atoms with Gasteiger partial charge >= 0.3 is 0 Å². The molecule has 0 aromatic carbocycles. The molecule has 8 heteroatoms. The maximum atomic E-state index is 13.1. The minimum Gasteiger partial charge on any atom is -0.489 e. The van der Waals surface area contributed by atoms with E-state index in [0.717, 1.165) is 56.1 Å². The van der Waals surface area contributed by atoms with Crippen LogP contribution in [0.15, 0.2) is 36.7 Å². The Hall–Kier alpha value is -2.97. The van der Waals surface area contributed by atoms with Gasteiger partial charge in [-0.1, -0.05) is 6.07 Å². The van der Waals surface area contributed by atoms with Crippen molar-refractivity contribution in [2.45, 2.75) is 51.0 Å². The van der Waals surface area contributed by atoms with Crippen LogP contribution in [0.5, 0.6) is 5.75 Å². The molecule has 0 aliphatic carbocycles. The predicted octanol–water partition coefficient (Wildman–Crippen LogP) is 4.17. The molecule has 2 saturated heterocycles. The number of nitrogens with one attached hydrogen (secondary N) is 1. The number of ether oxygens (including phenoxy) is 3. The standard InChI is InChI=1S/C25H30N4O4/c1-16(2)33-23-12-24-27-21(17-6-9-31-10-7-17)13-29(24)14-22(23)28-25(30)20-5-3-4-19(26-20)18-8-11-32-15-18/h3-5,12-14,16-18H,6-11,15H2,1-2H3,(H,28,30). The molecule has 1 amide bonds. The smallest absolute Gasteiger partial charge is 0.274 e. The van der Waals surface area contributed by atoms with Crippen molar-refractivity contribution in [3.63, 3.8) is 0 Å². The van der Waals surface area contributed by atoms with Crippen LogP contribution < -0.4 is 10.1 Å². The largest absolute Gasteiger partial charge is 0.489 e. The molecule has 1 atom stereocenters. The second-order valence-corrected chi connectivity index (χ2v) is 9.00. The summed E-state index contributed by atoms with van der Waals surface area (Å²) in [5.41, 5.74) is 3.71. The summed E-state index contributed by atoms with van der Waals surface area (Å²) in [4.78, 5) is 22.5. The van der Waals surface area contributed by atoms with Gasteiger partial charge in [-0.3, -0.25) is 4.79 Å². The van der Waals surface area contributed by atoms with Crippen LogP contribution in [0.2, 0.25) is 0 Å². The number of fused-ring (bicyclic) bond motifs is 1. The number of amides is 1. The lowest BCUT2D eigenvalue weighted by Gasteiger charge is -2.19. The van der Waals surface area contributed by atoms with Crippen molar-refractivity contribution in [2.24, 2.45) is 0 Å². The van der Waals surface area contributed by atoms with Crippen molar-refractivity contribution in [2.75, 3.05) is 31.7 Å². The highest BCUT2D eigenvalue weighted by Gasteiger charge is 2.22. The lowest BCUT2D eigenvalue weighted by Crippen LogP contribution is -2.17. The molecule has 2 aliphatic heterocycles. The van der Waals surface area contributed by atoms with Crippen molar-refractivity contribution in [3.8, 4) is 5.75 Å². The Morgan fingerprint density at radius 1 is 1.06 bits per heavy atom. The maximum Gasteiger partial charge on any atom is 0.274 e. The Morgan fingerprint density at radius 2 is 1.85 bits per heavy atom. The Balaban J connectivity index is 1.43. The SMILES string of the molecule is CC(C)Oc1cc2nc(C3CCOCC3)cn2cc1NC(=O)c1cccc(C2CCOC2)n1. The molecule has 2 aliphatic rings. The van der Waals surface area contributed by atoms with Gasteiger partial charge in [-0.05, 0) is 45.2 Å². The molecular weight excluding hydrogens is 420 g/mol. The van der Waals surface area contributed by atoms with Crippen molar-refractivity contribution < 1.29 is 19.0 Å². The van der Waals surface area contributed by atoms with Gasteiger partial charge in [0.05, 0.1) is 18.4 Å². The number of carbonyl (C=O) groups excluding carboxylic acids is 1. The number of imidazole rings is 1. The number of hydrogen-bond donors (Lipinski definition) is 1. The number of nitrogens with zero attached hydrogens (tertiary/aromatic N) is 3. The van der Waals surface area contributed by atoms with Gasteiger partial charge in [0.2, 0.25) is 0 Å². The van der Waals surface area contributed by atoms with E-state index in [1.54, 1.807) is 6.07 Å². The number of rotatable bonds is 6. The fraction of sp³-hybridized carbons (Fsp3) is 0.480. The highest BCUT2D eigenvalue weighted by Crippen LogP contribution is 2.31. The number of pyridine rings is 2. The van der Waals surface area contributed by atoms with Crippen molar-refractivity contribution in [1.29, 1.82) is 0 Å². The Morgan fingerprint density at radius 3 is 2.61 bits per heavy atom. The van der Waals surface area contributed by atoms with Gasteiger partial charge in [0.25, 0.3) is 5.91 Å². The zero-order chi connectivity index (χ0) is 22.8. The first-order valence-corrected chi connectivity index (χ1v) is 11.7. The fourth-order valence-electron chi connectivity index (χ4n) is 4.43. The molecule has 5 rings (SSSR count). The summed E-state index contributed by atoms with van der Waals surface area (Å²) in [6.45, 7) is 6.84. The molecule has 8 nitrogen and oxygen atoms in total. The van der Waals surface area contributed by atoms with E-state index in [-0.39, 0.29) is 17.9 Å². The molecule has 0 spiro atoms. The monoisotopic (exact) mass is 450 g/mol. The second-order valence-electron chi connectivity index (χ2n) is 9.00. The summed E-state index contributed by atoms with van der Waals surface area (Å²) in [5.74, 6) is 0.949. The summed E-state index contributed by atoms with van der Waals surface area (Å²) < 4.78 is 18.9. The molecule has 0 saturated carbocycles. The molecular formula is C25H30N4O4. The topological polar surface area (TPSA) is 87.0 Å². The first kappa shape index (κ1) is 21.9. The Labute approximate surface area is 193 Å². The molecule has 0 bridgehead atoms. The van der Waals surface area contributed by atoms with Crippen molar-refractivity contribution >= 4 is 17.2 Å². The zero-order valence-corrected chi connectivity index (χ0v) is 19.1. The number of aromatic nitrogens is 3. The van der Waals surface area contributed by atoms with Gasteiger partial charge in [-0.2, -0.15) is 0 Å². The highest BCUT2D eigenvalue weighted by molar-refractivity contribution is 6.03. The summed E-state index contributed by atoms with van der Waals surface area (Å²) in [5, 5.41) is 3.00. The third kappa shape index (κ3) is 4.86. The first-order chi connectivity index (χ1) is 16.1. The van der Waals surface area contributed by atoms with E-state index >= 15 is 0 Å². The summed E-state index contributed by atoms with van der Waals surface area (Å²) >= 11 is 0. The first-order valence-electron chi connectivity index (χ1n) is 11.7. The van der Waals surface area contributed by atoms with Crippen LogP contribution in [0.3, 0.4) is 0 Å². The van der Waals surface area contributed by atoms with Crippen LogP contribution in [0, 0.1) is 0 Å². The van der Waals surface area contributed by atoms with E-state index in [1.807, 2.05) is 48.8 Å². The molecule has 3 aromatic rings. The van der Waals surface area contributed by atoms with E-state index in [9.17, 15) is 4.79 Å². The summed E-state index contributed by atoms with van der Waals surface area (Å²) in [6.07, 6.45) is 6.73. The number of hydrogen-bond acceptors (Lipinski definition) is 6. The lowest BCUT2D eigenvalue weighted by molar-refractivity contribution is 0.0846. The van der Waals surface area contributed by atoms with Gasteiger partial charge in [0.15, 0.2) is 0 Å². The fourth-order valence-corrected chi connectivity index (χ4v) is 4.43. The molecule has 174 valence electrons. The van der Waals surface area contributed by atoms with E-state index in [0.29, 0.717) is 29.7 Å². The summed E-state index contributed by atoms with van der Waals surface area (Å²) in [7, 11) is 0. The second kappa shape index (κ2) is 9.49. The van der Waals surface area contributed by atoms with Crippen LogP contribution in [-0.4, -0.2) is 52.8 Å². The molecule has 3 aromatic heterocycles. The average molecular weight is 451 g/mol. The normalized spacial score (nSPS) is 19.3. The predicted molar refractivity (Wildman–Crippen MR) is 124 cm³/mol. The molecule has 33 heavy (non-hydrogen) atoms. The molecule has 0 radical (unpaired) electrons. The minimum atomic E-state index is -0.270. The Bertz CT molecular complexity index is 1130. The maximum absolute atomic E-state index is 13.1. The van der Waals surface area contributed by atoms with Crippen LogP contribution in [0.1, 0.15) is 66.8 Å². The van der Waals surface area contributed by atoms with E-state index in [2.05, 4.69) is 10.3 Å². The highest BCUT2D eigenvalue weighted by atomic mass is 16.5. The van der Waals surface area contributed by atoms with Crippen molar-refractivity contribution in [3.05, 3.63) is 53.7 Å². The Kier molecular flexibility index (Phi) is 6.28. The molecule has 5 heterocycles. The van der Waals surface area contributed by atoms with Crippen LogP contribution in [-0.2, 0) is 9.47 Å². The van der Waals surface area contributed by atoms with E-state index in [4.69, 9.17) is 19.2 Å². The minimum absolute atomic E-state index is 0.0446. The van der Waals surface area contributed by atoms with Gasteiger partial charge < -0.3 is 23.9 Å². The molecule has 1 unspecified atom stereocenters. The lowest BCUT2D eigenvalue weighted by atomic mass is 9.97. The van der Waals surface area contributed by atoms with Gasteiger partial charge in [-0.25, -0.2) is 9.97 Å². The number of carbonyl (C=O) groups is 1. The number of anilines is 1. The molecule has 2 fully saturated rings. The average Bonchev–Trinajstić information content (AvgIpc) is 3.50. The third-order valence-electron chi connectivity index (χ3n) is 6.18. The van der Waals surface area contributed by atoms with Crippen LogP contribution >= 0.6 is 0 Å². The quantitative estimate of drug-likeness (QED) is 0.607. The van der Waals surface area contributed by atoms with Gasteiger partial charge in [-0.15, -0.1) is 0 Å². The van der Waals surface area contributed by atoms with Crippen LogP contribution in [0.4, 0.5) is 5.69 Å². The summed E-state index contributed by atoms with van der Waals surface area (Å²) in [6, 6.07) is 7.45. The third-order valence-corrected chi connectivity index (χ3v) is 6.18. The van der Waals surface area contributed by atoms with Gasteiger partial charge in [0.1, 0.15) is 22.8 Å². The van der Waals surface area contributed by atoms with Gasteiger partial charge in [0, 0.05) is 55.8 Å². The van der Waals surface area contributed by atoms with Crippen LogP contribution in [0.25, 0.3) is 5.65 Å².